The number of nitrogens with one attached hydrogen (secondary N) is 1. The van der Waals surface area contributed by atoms with E-state index in [9.17, 15) is 0 Å². The molecule has 1 aliphatic rings. The standard InChI is InChI=1S/C16H25N5.CH4/c1-9(2)11-13-14(18-8-17-13)12(10(3)4)16-15(11)19(5)21(7)20(16)6;/h8-10H,1-7H3,(H,17,18);1H4. The molecule has 0 amide bonds. The maximum Gasteiger partial charge on any atom is 0.0942 e. The highest BCUT2D eigenvalue weighted by Crippen LogP contribution is 2.49. The van der Waals surface area contributed by atoms with Gasteiger partial charge in [0.2, 0.25) is 0 Å². The van der Waals surface area contributed by atoms with Gasteiger partial charge in [-0.2, -0.15) is 0 Å². The van der Waals surface area contributed by atoms with Crippen molar-refractivity contribution in [1.29, 1.82) is 0 Å². The lowest BCUT2D eigenvalue weighted by molar-refractivity contribution is 0.336. The number of rotatable bonds is 2. The van der Waals surface area contributed by atoms with Gasteiger partial charge in [-0.25, -0.2) is 4.98 Å². The highest BCUT2D eigenvalue weighted by Gasteiger charge is 2.35. The van der Waals surface area contributed by atoms with E-state index in [1.807, 2.05) is 6.33 Å². The number of aromatic nitrogens is 2. The molecule has 0 radical (unpaired) electrons. The zero-order valence-corrected chi connectivity index (χ0v) is 14.0. The molecule has 0 saturated carbocycles. The van der Waals surface area contributed by atoms with E-state index in [1.165, 1.54) is 28.0 Å². The van der Waals surface area contributed by atoms with Crippen LogP contribution in [0.15, 0.2) is 6.33 Å². The molecule has 0 aliphatic carbocycles. The van der Waals surface area contributed by atoms with Crippen molar-refractivity contribution < 1.29 is 0 Å². The van der Waals surface area contributed by atoms with Crippen LogP contribution in [0.2, 0.25) is 0 Å². The normalized spacial score (nSPS) is 15.1. The van der Waals surface area contributed by atoms with Crippen LogP contribution in [0.1, 0.15) is 58.1 Å². The molecule has 0 unspecified atom stereocenters. The monoisotopic (exact) mass is 303 g/mol. The van der Waals surface area contributed by atoms with Gasteiger partial charge in [0.25, 0.3) is 0 Å². The van der Waals surface area contributed by atoms with E-state index < -0.39 is 0 Å². The summed E-state index contributed by atoms with van der Waals surface area (Å²) < 4.78 is 0. The van der Waals surface area contributed by atoms with Gasteiger partial charge in [-0.15, -0.1) is 5.12 Å². The summed E-state index contributed by atoms with van der Waals surface area (Å²) in [6, 6.07) is 0. The fourth-order valence-electron chi connectivity index (χ4n) is 3.44. The maximum atomic E-state index is 4.63. The summed E-state index contributed by atoms with van der Waals surface area (Å²) in [6.07, 6.45) is 1.82. The second-order valence-corrected chi connectivity index (χ2v) is 6.50. The van der Waals surface area contributed by atoms with Gasteiger partial charge >= 0.3 is 0 Å². The molecular weight excluding hydrogens is 274 g/mol. The summed E-state index contributed by atoms with van der Waals surface area (Å²) in [5, 5.41) is 6.61. The Hall–Kier alpha value is -1.75. The van der Waals surface area contributed by atoms with Crippen molar-refractivity contribution in [2.75, 3.05) is 31.2 Å². The zero-order valence-electron chi connectivity index (χ0n) is 14.0. The predicted octanol–water partition coefficient (Wildman–Crippen LogP) is 4.09. The van der Waals surface area contributed by atoms with Crippen LogP contribution in [0.5, 0.6) is 0 Å². The summed E-state index contributed by atoms with van der Waals surface area (Å²) in [6.45, 7) is 8.98. The number of hydrogen-bond acceptors (Lipinski definition) is 4. The van der Waals surface area contributed by atoms with Crippen LogP contribution in [0.25, 0.3) is 11.0 Å². The Balaban J connectivity index is 0.00000176. The van der Waals surface area contributed by atoms with Gasteiger partial charge in [-0.3, -0.25) is 10.0 Å². The maximum absolute atomic E-state index is 4.63. The van der Waals surface area contributed by atoms with E-state index in [2.05, 4.69) is 73.9 Å². The molecule has 1 aromatic carbocycles. The highest BCUT2D eigenvalue weighted by atomic mass is 15.9. The Morgan fingerprint density at radius 1 is 0.909 bits per heavy atom. The Bertz CT molecular complexity index is 630. The van der Waals surface area contributed by atoms with Crippen molar-refractivity contribution in [3.63, 3.8) is 0 Å². The lowest BCUT2D eigenvalue weighted by Gasteiger charge is -2.27. The second-order valence-electron chi connectivity index (χ2n) is 6.50. The minimum Gasteiger partial charge on any atom is -0.344 e. The molecule has 5 nitrogen and oxygen atoms in total. The van der Waals surface area contributed by atoms with Crippen molar-refractivity contribution in [2.24, 2.45) is 0 Å². The van der Waals surface area contributed by atoms with Gasteiger partial charge in [0.1, 0.15) is 0 Å². The Labute approximate surface area is 133 Å². The largest absolute Gasteiger partial charge is 0.344 e. The van der Waals surface area contributed by atoms with E-state index in [0.29, 0.717) is 11.8 Å². The SMILES string of the molecule is C.CC(C)c1c2c(c(C(C)C)c3[nH]cnc13)N(C)N(C)N2C. The van der Waals surface area contributed by atoms with Gasteiger partial charge in [-0.05, 0) is 11.8 Å². The van der Waals surface area contributed by atoms with Gasteiger partial charge in [0.05, 0.1) is 28.7 Å². The molecule has 5 heteroatoms. The molecule has 0 spiro atoms. The Morgan fingerprint density at radius 2 is 1.41 bits per heavy atom. The van der Waals surface area contributed by atoms with Crippen LogP contribution in [0.4, 0.5) is 11.4 Å². The third kappa shape index (κ3) is 1.99. The number of aromatic amines is 1. The fraction of sp³-hybridized carbons (Fsp3) is 0.588. The summed E-state index contributed by atoms with van der Waals surface area (Å²) in [5.41, 5.74) is 7.56. The Kier molecular flexibility index (Phi) is 4.13. The molecule has 0 fully saturated rings. The molecule has 1 N–H and O–H groups in total. The first kappa shape index (κ1) is 16.6. The molecule has 1 aliphatic heterocycles. The van der Waals surface area contributed by atoms with Crippen LogP contribution in [0, 0.1) is 0 Å². The molecule has 0 atom stereocenters. The van der Waals surface area contributed by atoms with Crippen molar-refractivity contribution in [1.82, 2.24) is 15.1 Å². The van der Waals surface area contributed by atoms with E-state index in [0.717, 1.165) is 5.52 Å². The number of hydrazine groups is 2. The van der Waals surface area contributed by atoms with Gasteiger partial charge in [0.15, 0.2) is 0 Å². The lowest BCUT2D eigenvalue weighted by atomic mass is 9.90. The third-order valence-corrected chi connectivity index (χ3v) is 4.57. The van der Waals surface area contributed by atoms with Crippen LogP contribution in [0.3, 0.4) is 0 Å². The smallest absolute Gasteiger partial charge is 0.0942 e. The summed E-state index contributed by atoms with van der Waals surface area (Å²) in [7, 11) is 6.34. The number of anilines is 2. The van der Waals surface area contributed by atoms with Gasteiger partial charge in [-0.1, -0.05) is 35.1 Å². The van der Waals surface area contributed by atoms with Crippen LogP contribution in [-0.2, 0) is 0 Å². The summed E-state index contributed by atoms with van der Waals surface area (Å²) in [4.78, 5) is 8.00. The minimum absolute atomic E-state index is 0. The number of H-pyrrole nitrogens is 1. The second kappa shape index (κ2) is 5.47. The van der Waals surface area contributed by atoms with Crippen LogP contribution >= 0.6 is 0 Å². The molecule has 122 valence electrons. The number of nitrogens with zero attached hydrogens (tertiary/aromatic N) is 4. The van der Waals surface area contributed by atoms with Crippen molar-refractivity contribution in [3.8, 4) is 0 Å². The van der Waals surface area contributed by atoms with Crippen molar-refractivity contribution >= 4 is 22.4 Å². The average Bonchev–Trinajstić information content (AvgIpc) is 2.96. The number of fused-ring (bicyclic) bond motifs is 2. The predicted molar refractivity (Wildman–Crippen MR) is 95.6 cm³/mol. The fourth-order valence-corrected chi connectivity index (χ4v) is 3.44. The first-order valence-electron chi connectivity index (χ1n) is 7.60. The van der Waals surface area contributed by atoms with Crippen LogP contribution in [-0.4, -0.2) is 36.2 Å². The highest BCUT2D eigenvalue weighted by molar-refractivity contribution is 5.98. The molecule has 2 aromatic rings. The van der Waals surface area contributed by atoms with E-state index in [-0.39, 0.29) is 7.43 Å². The summed E-state index contributed by atoms with van der Waals surface area (Å²) >= 11 is 0. The van der Waals surface area contributed by atoms with Gasteiger partial charge < -0.3 is 4.98 Å². The lowest BCUT2D eigenvalue weighted by Crippen LogP contribution is -2.41. The molecule has 22 heavy (non-hydrogen) atoms. The molecular formula is C17H29N5. The molecule has 2 heterocycles. The first-order valence-corrected chi connectivity index (χ1v) is 7.60. The molecule has 3 rings (SSSR count). The quantitative estimate of drug-likeness (QED) is 0.906. The average molecular weight is 303 g/mol. The van der Waals surface area contributed by atoms with Crippen molar-refractivity contribution in [3.05, 3.63) is 17.5 Å². The minimum atomic E-state index is 0. The number of imidazole rings is 1. The molecule has 0 bridgehead atoms. The number of hydrogen-bond donors (Lipinski definition) is 1. The van der Waals surface area contributed by atoms with E-state index >= 15 is 0 Å². The topological polar surface area (TPSA) is 38.4 Å². The van der Waals surface area contributed by atoms with Gasteiger partial charge in [0, 0.05) is 32.3 Å². The number of benzene rings is 1. The van der Waals surface area contributed by atoms with Crippen molar-refractivity contribution in [2.45, 2.75) is 47.0 Å². The first-order chi connectivity index (χ1) is 9.86. The zero-order chi connectivity index (χ0) is 15.5. The van der Waals surface area contributed by atoms with Crippen LogP contribution < -0.4 is 10.0 Å². The molecule has 1 aromatic heterocycles. The summed E-state index contributed by atoms with van der Waals surface area (Å²) in [5.74, 6) is 0.860. The Morgan fingerprint density at radius 3 is 1.91 bits per heavy atom. The molecule has 0 saturated heterocycles. The van der Waals surface area contributed by atoms with E-state index in [4.69, 9.17) is 0 Å². The third-order valence-electron chi connectivity index (χ3n) is 4.57. The van der Waals surface area contributed by atoms with E-state index in [1.54, 1.807) is 0 Å².